The molecule has 1 atom stereocenters. The van der Waals surface area contributed by atoms with Crippen molar-refractivity contribution in [2.45, 2.75) is 11.8 Å². The summed E-state index contributed by atoms with van der Waals surface area (Å²) in [5.41, 5.74) is 15.0. The van der Waals surface area contributed by atoms with Crippen LogP contribution in [-0.2, 0) is 0 Å². The van der Waals surface area contributed by atoms with Gasteiger partial charge in [0.25, 0.3) is 0 Å². The van der Waals surface area contributed by atoms with E-state index in [2.05, 4.69) is 121 Å². The Morgan fingerprint density at radius 2 is 0.949 bits per heavy atom. The van der Waals surface area contributed by atoms with Crippen molar-refractivity contribution >= 4 is 11.6 Å². The first-order valence-electron chi connectivity index (χ1n) is 13.9. The SMILES string of the molecule is [2H]c1ccc2c(c1)-c1ccccc1C2c1cccc(-c2cc(Cl)cc(C3c4ccccc4-c4ccccc43)c2)c1. The zero-order valence-electron chi connectivity index (χ0n) is 22.2. The molecule has 8 rings (SSSR count). The average molecular weight is 518 g/mol. The molecule has 0 fully saturated rings. The number of fused-ring (bicyclic) bond motifs is 6. The van der Waals surface area contributed by atoms with Crippen molar-refractivity contribution in [3.63, 3.8) is 0 Å². The van der Waals surface area contributed by atoms with Crippen LogP contribution in [0.25, 0.3) is 33.4 Å². The monoisotopic (exact) mass is 517 g/mol. The van der Waals surface area contributed by atoms with Gasteiger partial charge in [0.05, 0.1) is 1.37 Å². The van der Waals surface area contributed by atoms with E-state index in [1.54, 1.807) is 0 Å². The van der Waals surface area contributed by atoms with Crippen LogP contribution < -0.4 is 0 Å². The molecule has 2 aliphatic carbocycles. The Kier molecular flexibility index (Phi) is 4.88. The van der Waals surface area contributed by atoms with Crippen LogP contribution in [0.3, 0.4) is 0 Å². The molecule has 0 aromatic heterocycles. The van der Waals surface area contributed by atoms with E-state index in [0.29, 0.717) is 6.04 Å². The molecule has 6 aromatic rings. The molecular formula is C38H25Cl. The summed E-state index contributed by atoms with van der Waals surface area (Å²) in [6.45, 7) is 0. The van der Waals surface area contributed by atoms with E-state index in [9.17, 15) is 0 Å². The molecule has 1 heteroatoms. The predicted molar refractivity (Wildman–Crippen MR) is 163 cm³/mol. The van der Waals surface area contributed by atoms with Crippen LogP contribution in [0.5, 0.6) is 0 Å². The van der Waals surface area contributed by atoms with E-state index in [4.69, 9.17) is 13.0 Å². The molecule has 0 saturated carbocycles. The summed E-state index contributed by atoms with van der Waals surface area (Å²) in [6.07, 6.45) is 0. The van der Waals surface area contributed by atoms with Gasteiger partial charge in [0.2, 0.25) is 0 Å². The van der Waals surface area contributed by atoms with E-state index in [0.717, 1.165) is 16.1 Å². The molecule has 0 nitrogen and oxygen atoms in total. The summed E-state index contributed by atoms with van der Waals surface area (Å²) < 4.78 is 8.21. The predicted octanol–water partition coefficient (Wildman–Crippen LogP) is 10.3. The number of rotatable bonds is 3. The van der Waals surface area contributed by atoms with Crippen molar-refractivity contribution in [3.8, 4) is 33.4 Å². The van der Waals surface area contributed by atoms with Crippen LogP contribution >= 0.6 is 11.6 Å². The van der Waals surface area contributed by atoms with Gasteiger partial charge in [-0.05, 0) is 78.9 Å². The minimum absolute atomic E-state index is 0.138. The van der Waals surface area contributed by atoms with Crippen LogP contribution in [0.1, 0.15) is 46.6 Å². The summed E-state index contributed by atoms with van der Waals surface area (Å²) in [7, 11) is 0. The third-order valence-corrected chi connectivity index (χ3v) is 8.63. The molecule has 2 aliphatic rings. The molecule has 0 bridgehead atoms. The molecule has 0 aliphatic heterocycles. The Labute approximate surface area is 235 Å². The van der Waals surface area contributed by atoms with Gasteiger partial charge in [-0.3, -0.25) is 0 Å². The number of halogens is 1. The van der Waals surface area contributed by atoms with E-state index >= 15 is 0 Å². The van der Waals surface area contributed by atoms with Crippen molar-refractivity contribution in [2.75, 3.05) is 0 Å². The lowest BCUT2D eigenvalue weighted by Gasteiger charge is -2.18. The highest BCUT2D eigenvalue weighted by Crippen LogP contribution is 2.50. The molecule has 0 radical (unpaired) electrons. The molecule has 184 valence electrons. The lowest BCUT2D eigenvalue weighted by Crippen LogP contribution is -2.01. The Hall–Kier alpha value is -4.39. The van der Waals surface area contributed by atoms with Crippen molar-refractivity contribution in [2.24, 2.45) is 0 Å². The largest absolute Gasteiger partial charge is 0.0843 e. The molecule has 6 aromatic carbocycles. The van der Waals surface area contributed by atoms with Crippen molar-refractivity contribution < 1.29 is 1.37 Å². The van der Waals surface area contributed by atoms with Crippen molar-refractivity contribution in [1.82, 2.24) is 0 Å². The Balaban J connectivity index is 1.25. The third kappa shape index (κ3) is 3.52. The summed E-state index contributed by atoms with van der Waals surface area (Å²) in [4.78, 5) is 0. The normalized spacial score (nSPS) is 15.3. The first kappa shape index (κ1) is 21.5. The van der Waals surface area contributed by atoms with E-state index in [1.807, 2.05) is 12.1 Å². The van der Waals surface area contributed by atoms with Gasteiger partial charge in [-0.25, -0.2) is 0 Å². The molecule has 0 heterocycles. The second-order valence-corrected chi connectivity index (χ2v) is 11.0. The van der Waals surface area contributed by atoms with Gasteiger partial charge < -0.3 is 0 Å². The molecule has 1 unspecified atom stereocenters. The summed E-state index contributed by atoms with van der Waals surface area (Å²) in [5.74, 6) is 0.291. The lowest BCUT2D eigenvalue weighted by atomic mass is 9.86. The van der Waals surface area contributed by atoms with Crippen LogP contribution in [0, 0.1) is 0 Å². The maximum absolute atomic E-state index is 8.21. The first-order valence-corrected chi connectivity index (χ1v) is 13.8. The molecule has 0 N–H and O–H groups in total. The van der Waals surface area contributed by atoms with Gasteiger partial charge in [0, 0.05) is 16.9 Å². The Morgan fingerprint density at radius 3 is 1.59 bits per heavy atom. The van der Waals surface area contributed by atoms with Crippen LogP contribution in [0.15, 0.2) is 140 Å². The van der Waals surface area contributed by atoms with Crippen molar-refractivity contribution in [3.05, 3.63) is 178 Å². The number of hydrogen-bond acceptors (Lipinski definition) is 0. The van der Waals surface area contributed by atoms with Gasteiger partial charge in [0.1, 0.15) is 0 Å². The smallest absolute Gasteiger partial charge is 0.0623 e. The molecule has 0 amide bonds. The van der Waals surface area contributed by atoms with Crippen LogP contribution in [-0.4, -0.2) is 0 Å². The zero-order valence-corrected chi connectivity index (χ0v) is 22.0. The van der Waals surface area contributed by atoms with Gasteiger partial charge >= 0.3 is 0 Å². The minimum atomic E-state index is 0.138. The average Bonchev–Trinajstić information content (AvgIpc) is 3.50. The maximum atomic E-state index is 8.21. The second kappa shape index (κ2) is 8.83. The standard InChI is InChI=1S/C38H25Cl/c39-28-22-26(21-27(23-28)38-35-18-7-3-14-31(35)32-15-4-8-19-36(32)38)24-10-9-11-25(20-24)37-33-16-5-1-12-29(33)30-13-2-6-17-34(30)37/h1-23,37-38H/i1D. The van der Waals surface area contributed by atoms with Crippen molar-refractivity contribution in [1.29, 1.82) is 0 Å². The second-order valence-electron chi connectivity index (χ2n) is 10.5. The quantitative estimate of drug-likeness (QED) is 0.218. The minimum Gasteiger partial charge on any atom is -0.0843 e. The summed E-state index contributed by atoms with van der Waals surface area (Å²) in [5, 5.41) is 0.749. The van der Waals surface area contributed by atoms with Crippen LogP contribution in [0.2, 0.25) is 5.02 Å². The van der Waals surface area contributed by atoms with E-state index in [1.165, 1.54) is 55.6 Å². The summed E-state index contributed by atoms with van der Waals surface area (Å²) in [6, 6.07) is 48.1. The van der Waals surface area contributed by atoms with Gasteiger partial charge in [-0.1, -0.05) is 139 Å². The van der Waals surface area contributed by atoms with E-state index in [-0.39, 0.29) is 11.8 Å². The fraction of sp³-hybridized carbons (Fsp3) is 0.0526. The fourth-order valence-corrected chi connectivity index (χ4v) is 7.05. The highest BCUT2D eigenvalue weighted by Gasteiger charge is 2.31. The zero-order chi connectivity index (χ0) is 26.8. The molecule has 0 spiro atoms. The maximum Gasteiger partial charge on any atom is 0.0623 e. The Bertz CT molecular complexity index is 1910. The highest BCUT2D eigenvalue weighted by molar-refractivity contribution is 6.31. The van der Waals surface area contributed by atoms with Crippen LogP contribution in [0.4, 0.5) is 0 Å². The van der Waals surface area contributed by atoms with Gasteiger partial charge in [-0.2, -0.15) is 0 Å². The first-order chi connectivity index (χ1) is 19.7. The lowest BCUT2D eigenvalue weighted by molar-refractivity contribution is 1.01. The number of hydrogen-bond donors (Lipinski definition) is 0. The molecular weight excluding hydrogens is 492 g/mol. The Morgan fingerprint density at radius 1 is 0.436 bits per heavy atom. The van der Waals surface area contributed by atoms with Gasteiger partial charge in [-0.15, -0.1) is 0 Å². The third-order valence-electron chi connectivity index (χ3n) is 8.41. The van der Waals surface area contributed by atoms with Gasteiger partial charge in [0.15, 0.2) is 0 Å². The highest BCUT2D eigenvalue weighted by atomic mass is 35.5. The molecule has 0 saturated heterocycles. The number of benzene rings is 6. The fourth-order valence-electron chi connectivity index (χ4n) is 6.81. The topological polar surface area (TPSA) is 0 Å². The summed E-state index contributed by atoms with van der Waals surface area (Å²) >= 11 is 6.83. The van der Waals surface area contributed by atoms with E-state index < -0.39 is 0 Å². The molecule has 39 heavy (non-hydrogen) atoms.